The first-order valence-corrected chi connectivity index (χ1v) is 9.60. The van der Waals surface area contributed by atoms with Gasteiger partial charge in [0.1, 0.15) is 17.4 Å². The van der Waals surface area contributed by atoms with Gasteiger partial charge >= 0.3 is 0 Å². The van der Waals surface area contributed by atoms with Crippen molar-refractivity contribution < 1.29 is 9.13 Å². The molecule has 0 radical (unpaired) electrons. The predicted octanol–water partition coefficient (Wildman–Crippen LogP) is 4.97. The number of fused-ring (bicyclic) bond motifs is 1. The van der Waals surface area contributed by atoms with Crippen LogP contribution in [0.3, 0.4) is 0 Å². The molecule has 0 atom stereocenters. The minimum Gasteiger partial charge on any atom is -0.497 e. The summed E-state index contributed by atoms with van der Waals surface area (Å²) in [6.45, 7) is 2.58. The Morgan fingerprint density at radius 3 is 2.53 bits per heavy atom. The van der Waals surface area contributed by atoms with E-state index >= 15 is 0 Å². The fraction of sp³-hybridized carbons (Fsp3) is 0.167. The number of nitrogens with two attached hydrogens (primary N) is 1. The van der Waals surface area contributed by atoms with Crippen molar-refractivity contribution in [3.8, 4) is 16.9 Å². The molecule has 2 heterocycles. The fourth-order valence-corrected chi connectivity index (χ4v) is 3.45. The molecule has 0 aliphatic heterocycles. The second-order valence-corrected chi connectivity index (χ2v) is 7.35. The van der Waals surface area contributed by atoms with Gasteiger partial charge in [-0.25, -0.2) is 9.37 Å². The number of nitrogens with zero attached hydrogens (tertiary/aromatic N) is 3. The minimum absolute atomic E-state index is 0.129. The molecule has 0 fully saturated rings. The number of pyridine rings is 2. The van der Waals surface area contributed by atoms with Crippen molar-refractivity contribution in [3.05, 3.63) is 77.9 Å². The van der Waals surface area contributed by atoms with Gasteiger partial charge in [0.05, 0.1) is 18.3 Å². The first-order chi connectivity index (χ1) is 14.4. The molecule has 4 aromatic rings. The van der Waals surface area contributed by atoms with E-state index in [9.17, 15) is 4.39 Å². The Hall–Kier alpha value is -3.67. The van der Waals surface area contributed by atoms with Crippen molar-refractivity contribution in [3.63, 3.8) is 0 Å². The lowest BCUT2D eigenvalue weighted by Gasteiger charge is -2.19. The first-order valence-electron chi connectivity index (χ1n) is 9.60. The van der Waals surface area contributed by atoms with Gasteiger partial charge in [-0.1, -0.05) is 12.1 Å². The van der Waals surface area contributed by atoms with Crippen molar-refractivity contribution in [2.24, 2.45) is 0 Å². The number of aryl methyl sites for hydroxylation is 1. The second kappa shape index (κ2) is 7.99. The summed E-state index contributed by atoms with van der Waals surface area (Å²) in [5.41, 5.74) is 10.4. The number of hydrogen-bond donors (Lipinski definition) is 1. The zero-order chi connectivity index (χ0) is 21.3. The van der Waals surface area contributed by atoms with Crippen molar-refractivity contribution in [1.29, 1.82) is 0 Å². The topological polar surface area (TPSA) is 64.3 Å². The lowest BCUT2D eigenvalue weighted by molar-refractivity contribution is 0.414. The van der Waals surface area contributed by atoms with Crippen molar-refractivity contribution in [2.45, 2.75) is 13.5 Å². The van der Waals surface area contributed by atoms with Crippen molar-refractivity contribution >= 4 is 22.4 Å². The smallest absolute Gasteiger partial charge is 0.146 e. The Bertz CT molecular complexity index is 1210. The highest BCUT2D eigenvalue weighted by Gasteiger charge is 2.10. The summed E-state index contributed by atoms with van der Waals surface area (Å²) in [6.07, 6.45) is 3.60. The number of halogens is 1. The maximum atomic E-state index is 13.7. The van der Waals surface area contributed by atoms with E-state index in [4.69, 9.17) is 10.5 Å². The molecule has 6 heteroatoms. The van der Waals surface area contributed by atoms with Crippen LogP contribution in [0.25, 0.3) is 22.0 Å². The third-order valence-electron chi connectivity index (χ3n) is 5.18. The average molecular weight is 402 g/mol. The third-order valence-corrected chi connectivity index (χ3v) is 5.18. The lowest BCUT2D eigenvalue weighted by Crippen LogP contribution is -2.17. The number of rotatable bonds is 5. The molecular weight excluding hydrogens is 379 g/mol. The summed E-state index contributed by atoms with van der Waals surface area (Å²) in [6, 6.07) is 15.0. The van der Waals surface area contributed by atoms with Gasteiger partial charge in [0, 0.05) is 43.0 Å². The molecule has 152 valence electrons. The molecule has 2 N–H and O–H groups in total. The van der Waals surface area contributed by atoms with E-state index in [1.54, 1.807) is 19.4 Å². The van der Waals surface area contributed by atoms with Crippen LogP contribution in [0.4, 0.5) is 15.9 Å². The lowest BCUT2D eigenvalue weighted by atomic mass is 10.00. The summed E-state index contributed by atoms with van der Waals surface area (Å²) in [5, 5.41) is 0.913. The Balaban J connectivity index is 1.60. The predicted molar refractivity (Wildman–Crippen MR) is 119 cm³/mol. The monoisotopic (exact) mass is 402 g/mol. The average Bonchev–Trinajstić information content (AvgIpc) is 2.76. The van der Waals surface area contributed by atoms with Crippen LogP contribution in [0, 0.1) is 12.7 Å². The number of nitrogen functional groups attached to an aromatic ring is 1. The Morgan fingerprint density at radius 1 is 1.03 bits per heavy atom. The number of anilines is 2. The maximum Gasteiger partial charge on any atom is 0.146 e. The summed E-state index contributed by atoms with van der Waals surface area (Å²) in [4.78, 5) is 11.3. The second-order valence-electron chi connectivity index (χ2n) is 7.35. The number of ether oxygens (including phenoxy) is 1. The molecule has 4 rings (SSSR count). The standard InChI is InChI=1S/C24H23FN4O/c1-15-8-21(25)22(26)10-20(15)17-9-18-13-28-24(11-23(18)27-12-17)29(2)14-16-4-6-19(30-3)7-5-16/h4-13H,14,26H2,1-3H3. The zero-order valence-electron chi connectivity index (χ0n) is 17.2. The summed E-state index contributed by atoms with van der Waals surface area (Å²) < 4.78 is 18.9. The van der Waals surface area contributed by atoms with Gasteiger partial charge in [-0.05, 0) is 53.9 Å². The van der Waals surface area contributed by atoms with Gasteiger partial charge < -0.3 is 15.4 Å². The third kappa shape index (κ3) is 3.89. The number of aromatic nitrogens is 2. The Morgan fingerprint density at radius 2 is 1.80 bits per heavy atom. The normalized spacial score (nSPS) is 10.9. The summed E-state index contributed by atoms with van der Waals surface area (Å²) in [5.74, 6) is 1.26. The van der Waals surface area contributed by atoms with Gasteiger partial charge in [-0.15, -0.1) is 0 Å². The van der Waals surface area contributed by atoms with Crippen molar-refractivity contribution in [1.82, 2.24) is 9.97 Å². The molecule has 5 nitrogen and oxygen atoms in total. The molecule has 0 aliphatic carbocycles. The minimum atomic E-state index is -0.406. The number of methoxy groups -OCH3 is 1. The SMILES string of the molecule is COc1ccc(CN(C)c2cc3ncc(-c4cc(N)c(F)cc4C)cc3cn2)cc1. The van der Waals surface area contributed by atoms with Crippen LogP contribution in [0.15, 0.2) is 60.9 Å². The van der Waals surface area contributed by atoms with Gasteiger partial charge in [-0.3, -0.25) is 4.98 Å². The fourth-order valence-electron chi connectivity index (χ4n) is 3.45. The van der Waals surface area contributed by atoms with E-state index < -0.39 is 5.82 Å². The molecule has 30 heavy (non-hydrogen) atoms. The molecule has 0 saturated carbocycles. The highest BCUT2D eigenvalue weighted by Crippen LogP contribution is 2.29. The van der Waals surface area contributed by atoms with Gasteiger partial charge in [-0.2, -0.15) is 0 Å². The molecule has 2 aromatic carbocycles. The molecule has 0 unspecified atom stereocenters. The number of hydrogen-bond acceptors (Lipinski definition) is 5. The van der Waals surface area contributed by atoms with Crippen molar-refractivity contribution in [2.75, 3.05) is 24.8 Å². The molecule has 0 bridgehead atoms. The highest BCUT2D eigenvalue weighted by molar-refractivity contribution is 5.85. The van der Waals surface area contributed by atoms with Crippen LogP contribution in [0.2, 0.25) is 0 Å². The van der Waals surface area contributed by atoms with E-state index in [2.05, 4.69) is 14.9 Å². The Labute approximate surface area is 175 Å². The van der Waals surface area contributed by atoms with Crippen LogP contribution in [0.1, 0.15) is 11.1 Å². The number of benzene rings is 2. The summed E-state index contributed by atoms with van der Waals surface area (Å²) >= 11 is 0. The van der Waals surface area contributed by atoms with Crippen LogP contribution in [-0.2, 0) is 6.54 Å². The maximum absolute atomic E-state index is 13.7. The van der Waals surface area contributed by atoms with Crippen LogP contribution in [-0.4, -0.2) is 24.1 Å². The molecule has 0 amide bonds. The summed E-state index contributed by atoms with van der Waals surface area (Å²) in [7, 11) is 3.66. The molecular formula is C24H23FN4O. The quantitative estimate of drug-likeness (QED) is 0.478. The molecule has 0 saturated heterocycles. The van der Waals surface area contributed by atoms with E-state index in [0.29, 0.717) is 6.54 Å². The largest absolute Gasteiger partial charge is 0.497 e. The highest BCUT2D eigenvalue weighted by atomic mass is 19.1. The van der Waals surface area contributed by atoms with Gasteiger partial charge in [0.2, 0.25) is 0 Å². The van der Waals surface area contributed by atoms with Gasteiger partial charge in [0.15, 0.2) is 0 Å². The molecule has 0 spiro atoms. The molecule has 2 aromatic heterocycles. The zero-order valence-corrected chi connectivity index (χ0v) is 17.2. The van der Waals surface area contributed by atoms with E-state index in [0.717, 1.165) is 44.7 Å². The van der Waals surface area contributed by atoms with Crippen LogP contribution >= 0.6 is 0 Å². The van der Waals surface area contributed by atoms with Crippen LogP contribution in [0.5, 0.6) is 5.75 Å². The van der Waals surface area contributed by atoms with E-state index in [1.165, 1.54) is 6.07 Å². The Kier molecular flexibility index (Phi) is 5.23. The molecule has 0 aliphatic rings. The van der Waals surface area contributed by atoms with Crippen LogP contribution < -0.4 is 15.4 Å². The van der Waals surface area contributed by atoms with E-state index in [1.807, 2.05) is 56.6 Å². The van der Waals surface area contributed by atoms with E-state index in [-0.39, 0.29) is 5.69 Å². The first kappa shape index (κ1) is 19.6. The van der Waals surface area contributed by atoms with Gasteiger partial charge in [0.25, 0.3) is 0 Å².